The molecule has 0 bridgehead atoms. The van der Waals surface area contributed by atoms with Gasteiger partial charge in [0.15, 0.2) is 5.69 Å². The van der Waals surface area contributed by atoms with Crippen molar-refractivity contribution in [2.75, 3.05) is 0 Å². The fourth-order valence-corrected chi connectivity index (χ4v) is 1.46. The van der Waals surface area contributed by atoms with Gasteiger partial charge in [-0.05, 0) is 24.3 Å². The Morgan fingerprint density at radius 2 is 1.82 bits per heavy atom. The van der Waals surface area contributed by atoms with E-state index in [9.17, 15) is 0 Å². The first-order chi connectivity index (χ1) is 8.16. The standard InChI is InChI=1S/C11H9BrN4O/c12-7-1-3-8(4-2-7)17-11-9(10(13)14)15-5-6-16-11/h1-6H,(H3,13,14). The van der Waals surface area contributed by atoms with E-state index >= 15 is 0 Å². The molecule has 0 saturated carbocycles. The van der Waals surface area contributed by atoms with E-state index in [0.29, 0.717) is 5.75 Å². The highest BCUT2D eigenvalue weighted by Crippen LogP contribution is 2.23. The average molecular weight is 293 g/mol. The van der Waals surface area contributed by atoms with E-state index in [1.165, 1.54) is 12.4 Å². The first-order valence-electron chi connectivity index (χ1n) is 4.75. The van der Waals surface area contributed by atoms with Crippen molar-refractivity contribution < 1.29 is 4.74 Å². The number of aromatic nitrogens is 2. The first-order valence-corrected chi connectivity index (χ1v) is 5.55. The average Bonchev–Trinajstić information content (AvgIpc) is 2.32. The van der Waals surface area contributed by atoms with E-state index in [0.717, 1.165) is 4.47 Å². The van der Waals surface area contributed by atoms with Crippen molar-refractivity contribution in [1.29, 1.82) is 5.41 Å². The molecule has 5 nitrogen and oxygen atoms in total. The second-order valence-corrected chi connectivity index (χ2v) is 4.10. The normalized spacial score (nSPS) is 9.94. The van der Waals surface area contributed by atoms with Crippen LogP contribution in [0.1, 0.15) is 5.69 Å². The predicted molar refractivity (Wildman–Crippen MR) is 67.3 cm³/mol. The molecule has 0 fully saturated rings. The topological polar surface area (TPSA) is 84.9 Å². The third-order valence-corrected chi connectivity index (χ3v) is 2.48. The van der Waals surface area contributed by atoms with Gasteiger partial charge in [0, 0.05) is 16.9 Å². The van der Waals surface area contributed by atoms with E-state index in [-0.39, 0.29) is 17.4 Å². The summed E-state index contributed by atoms with van der Waals surface area (Å²) in [6.45, 7) is 0. The molecule has 0 unspecified atom stereocenters. The molecule has 0 radical (unpaired) electrons. The predicted octanol–water partition coefficient (Wildman–Crippen LogP) is 2.32. The molecule has 6 heteroatoms. The number of nitrogen functional groups attached to an aromatic ring is 1. The van der Waals surface area contributed by atoms with Crippen LogP contribution in [0.25, 0.3) is 0 Å². The van der Waals surface area contributed by atoms with Gasteiger partial charge in [-0.25, -0.2) is 9.97 Å². The van der Waals surface area contributed by atoms with E-state index < -0.39 is 0 Å². The lowest BCUT2D eigenvalue weighted by Crippen LogP contribution is -2.14. The van der Waals surface area contributed by atoms with Gasteiger partial charge in [0.2, 0.25) is 5.88 Å². The summed E-state index contributed by atoms with van der Waals surface area (Å²) in [7, 11) is 0. The van der Waals surface area contributed by atoms with Gasteiger partial charge >= 0.3 is 0 Å². The summed E-state index contributed by atoms with van der Waals surface area (Å²) >= 11 is 3.33. The van der Waals surface area contributed by atoms with Gasteiger partial charge in [0.1, 0.15) is 11.6 Å². The van der Waals surface area contributed by atoms with Crippen molar-refractivity contribution in [3.63, 3.8) is 0 Å². The number of benzene rings is 1. The zero-order chi connectivity index (χ0) is 12.3. The zero-order valence-electron chi connectivity index (χ0n) is 8.72. The summed E-state index contributed by atoms with van der Waals surface area (Å²) in [5, 5.41) is 7.36. The summed E-state index contributed by atoms with van der Waals surface area (Å²) in [6, 6.07) is 7.25. The quantitative estimate of drug-likeness (QED) is 0.671. The number of halogens is 1. The Balaban J connectivity index is 2.30. The van der Waals surface area contributed by atoms with Gasteiger partial charge in [-0.3, -0.25) is 5.41 Å². The van der Waals surface area contributed by atoms with Crippen molar-refractivity contribution in [2.24, 2.45) is 5.73 Å². The molecular weight excluding hydrogens is 284 g/mol. The van der Waals surface area contributed by atoms with E-state index in [2.05, 4.69) is 25.9 Å². The Labute approximate surface area is 106 Å². The molecule has 1 aromatic carbocycles. The molecular formula is C11H9BrN4O. The second kappa shape index (κ2) is 4.92. The molecule has 0 spiro atoms. The molecule has 86 valence electrons. The van der Waals surface area contributed by atoms with Crippen LogP contribution in [-0.4, -0.2) is 15.8 Å². The Kier molecular flexibility index (Phi) is 3.34. The van der Waals surface area contributed by atoms with Crippen molar-refractivity contribution in [3.05, 3.63) is 46.8 Å². The summed E-state index contributed by atoms with van der Waals surface area (Å²) in [5.74, 6) is 0.656. The lowest BCUT2D eigenvalue weighted by atomic mass is 10.3. The smallest absolute Gasteiger partial charge is 0.249 e. The monoisotopic (exact) mass is 292 g/mol. The molecule has 3 N–H and O–H groups in total. The minimum absolute atomic E-state index is 0.176. The van der Waals surface area contributed by atoms with Crippen LogP contribution < -0.4 is 10.5 Å². The molecule has 0 saturated heterocycles. The number of hydrogen-bond acceptors (Lipinski definition) is 4. The second-order valence-electron chi connectivity index (χ2n) is 3.18. The Morgan fingerprint density at radius 1 is 1.18 bits per heavy atom. The van der Waals surface area contributed by atoms with Gasteiger partial charge in [0.25, 0.3) is 0 Å². The van der Waals surface area contributed by atoms with Crippen LogP contribution in [0.4, 0.5) is 0 Å². The van der Waals surface area contributed by atoms with Crippen molar-refractivity contribution in [3.8, 4) is 11.6 Å². The van der Waals surface area contributed by atoms with E-state index in [1.54, 1.807) is 12.1 Å². The molecule has 0 amide bonds. The Bertz CT molecular complexity index is 541. The summed E-state index contributed by atoms with van der Waals surface area (Å²) in [5.41, 5.74) is 5.62. The minimum atomic E-state index is -0.176. The molecule has 1 aromatic heterocycles. The van der Waals surface area contributed by atoms with Crippen molar-refractivity contribution in [2.45, 2.75) is 0 Å². The lowest BCUT2D eigenvalue weighted by molar-refractivity contribution is 0.458. The maximum atomic E-state index is 7.36. The zero-order valence-corrected chi connectivity index (χ0v) is 10.3. The molecule has 17 heavy (non-hydrogen) atoms. The number of ether oxygens (including phenoxy) is 1. The first kappa shape index (κ1) is 11.5. The fraction of sp³-hybridized carbons (Fsp3) is 0. The van der Waals surface area contributed by atoms with Crippen LogP contribution in [0, 0.1) is 5.41 Å². The van der Waals surface area contributed by atoms with Crippen molar-refractivity contribution in [1.82, 2.24) is 9.97 Å². The third-order valence-electron chi connectivity index (χ3n) is 1.95. The summed E-state index contributed by atoms with van der Waals surface area (Å²) < 4.78 is 6.46. The van der Waals surface area contributed by atoms with Crippen molar-refractivity contribution >= 4 is 21.8 Å². The number of nitrogens with two attached hydrogens (primary N) is 1. The van der Waals surface area contributed by atoms with E-state index in [1.807, 2.05) is 12.1 Å². The number of amidine groups is 1. The fourth-order valence-electron chi connectivity index (χ4n) is 1.20. The van der Waals surface area contributed by atoms with Gasteiger partial charge < -0.3 is 10.5 Å². The molecule has 2 rings (SSSR count). The van der Waals surface area contributed by atoms with Crippen LogP contribution in [0.15, 0.2) is 41.1 Å². The maximum Gasteiger partial charge on any atom is 0.249 e. The molecule has 2 aromatic rings. The molecule has 0 aliphatic heterocycles. The molecule has 0 aliphatic rings. The van der Waals surface area contributed by atoms with Crippen LogP contribution >= 0.6 is 15.9 Å². The molecule has 0 aliphatic carbocycles. The highest BCUT2D eigenvalue weighted by molar-refractivity contribution is 9.10. The van der Waals surface area contributed by atoms with Gasteiger partial charge in [0.05, 0.1) is 0 Å². The van der Waals surface area contributed by atoms with Crippen LogP contribution in [0.5, 0.6) is 11.6 Å². The molecule has 1 heterocycles. The maximum absolute atomic E-state index is 7.36. The number of rotatable bonds is 3. The number of nitrogens with zero attached hydrogens (tertiary/aromatic N) is 2. The minimum Gasteiger partial charge on any atom is -0.437 e. The van der Waals surface area contributed by atoms with Crippen LogP contribution in [-0.2, 0) is 0 Å². The summed E-state index contributed by atoms with van der Waals surface area (Å²) in [4.78, 5) is 7.95. The Morgan fingerprint density at radius 3 is 2.47 bits per heavy atom. The SMILES string of the molecule is N=C(N)c1nccnc1Oc1ccc(Br)cc1. The third kappa shape index (κ3) is 2.79. The van der Waals surface area contributed by atoms with Crippen LogP contribution in [0.2, 0.25) is 0 Å². The van der Waals surface area contributed by atoms with Gasteiger partial charge in [-0.15, -0.1) is 0 Å². The van der Waals surface area contributed by atoms with E-state index in [4.69, 9.17) is 15.9 Å². The number of nitrogens with one attached hydrogen (secondary N) is 1. The number of hydrogen-bond donors (Lipinski definition) is 2. The largest absolute Gasteiger partial charge is 0.437 e. The van der Waals surface area contributed by atoms with Crippen LogP contribution in [0.3, 0.4) is 0 Å². The van der Waals surface area contributed by atoms with Gasteiger partial charge in [-0.1, -0.05) is 15.9 Å². The Hall–Kier alpha value is -1.95. The van der Waals surface area contributed by atoms with Gasteiger partial charge in [-0.2, -0.15) is 0 Å². The summed E-state index contributed by atoms with van der Waals surface area (Å²) in [6.07, 6.45) is 2.95. The highest BCUT2D eigenvalue weighted by atomic mass is 79.9. The highest BCUT2D eigenvalue weighted by Gasteiger charge is 2.09. The molecule has 0 atom stereocenters. The lowest BCUT2D eigenvalue weighted by Gasteiger charge is -2.07.